The molecular weight excluding hydrogens is 306 g/mol. The first-order valence-corrected chi connectivity index (χ1v) is 8.60. The Labute approximate surface area is 143 Å². The molecule has 2 unspecified atom stereocenters. The van der Waals surface area contributed by atoms with Crippen LogP contribution in [0.1, 0.15) is 13.3 Å². The van der Waals surface area contributed by atoms with Crippen LogP contribution in [0.2, 0.25) is 0 Å². The van der Waals surface area contributed by atoms with Crippen LogP contribution in [-0.2, 0) is 4.79 Å². The quantitative estimate of drug-likeness (QED) is 0.820. The van der Waals surface area contributed by atoms with Gasteiger partial charge in [-0.3, -0.25) is 4.79 Å². The Balaban J connectivity index is 1.59. The number of hydrogen-bond acceptors (Lipinski definition) is 5. The van der Waals surface area contributed by atoms with Gasteiger partial charge in [-0.15, -0.1) is 0 Å². The van der Waals surface area contributed by atoms with Gasteiger partial charge in [0.05, 0.1) is 14.2 Å². The molecule has 1 aromatic rings. The van der Waals surface area contributed by atoms with Crippen LogP contribution in [0.25, 0.3) is 0 Å². The third-order valence-corrected chi connectivity index (χ3v) is 5.17. The molecule has 2 heterocycles. The zero-order valence-corrected chi connectivity index (χ0v) is 14.7. The normalized spacial score (nSPS) is 22.0. The van der Waals surface area contributed by atoms with Gasteiger partial charge >= 0.3 is 0 Å². The molecule has 2 atom stereocenters. The van der Waals surface area contributed by atoms with Crippen molar-refractivity contribution in [2.24, 2.45) is 11.8 Å². The Morgan fingerprint density at radius 3 is 2.46 bits per heavy atom. The number of carbonyl (C=O) groups excluding carboxylic acids is 1. The molecule has 2 saturated heterocycles. The Morgan fingerprint density at radius 1 is 1.25 bits per heavy atom. The number of amides is 1. The van der Waals surface area contributed by atoms with E-state index in [0.29, 0.717) is 5.92 Å². The molecule has 2 N–H and O–H groups in total. The number of anilines is 1. The smallest absolute Gasteiger partial charge is 0.223 e. The van der Waals surface area contributed by atoms with Crippen molar-refractivity contribution in [1.82, 2.24) is 10.6 Å². The summed E-state index contributed by atoms with van der Waals surface area (Å²) in [7, 11) is 3.31. The van der Waals surface area contributed by atoms with E-state index in [4.69, 9.17) is 9.47 Å². The number of rotatable bonds is 6. The molecule has 0 aromatic heterocycles. The lowest BCUT2D eigenvalue weighted by Gasteiger charge is -2.32. The highest BCUT2D eigenvalue weighted by atomic mass is 16.5. The Morgan fingerprint density at radius 2 is 1.92 bits per heavy atom. The number of methoxy groups -OCH3 is 2. The van der Waals surface area contributed by atoms with Crippen molar-refractivity contribution in [2.45, 2.75) is 19.4 Å². The summed E-state index contributed by atoms with van der Waals surface area (Å²) in [6, 6.07) is 6.09. The molecule has 132 valence electrons. The largest absolute Gasteiger partial charge is 0.497 e. The first-order chi connectivity index (χ1) is 11.6. The molecule has 2 fully saturated rings. The topological polar surface area (TPSA) is 62.8 Å². The average molecular weight is 333 g/mol. The molecule has 0 radical (unpaired) electrons. The van der Waals surface area contributed by atoms with Crippen LogP contribution < -0.4 is 25.0 Å². The molecule has 3 rings (SSSR count). The number of nitrogens with zero attached hydrogens (tertiary/aromatic N) is 1. The highest BCUT2D eigenvalue weighted by Crippen LogP contribution is 2.30. The Bertz CT molecular complexity index is 567. The van der Waals surface area contributed by atoms with Crippen molar-refractivity contribution in [1.29, 1.82) is 0 Å². The summed E-state index contributed by atoms with van der Waals surface area (Å²) in [6.07, 6.45) is 0.959. The van der Waals surface area contributed by atoms with Crippen LogP contribution in [0.4, 0.5) is 5.69 Å². The van der Waals surface area contributed by atoms with Crippen LogP contribution >= 0.6 is 0 Å². The summed E-state index contributed by atoms with van der Waals surface area (Å²) in [5, 5.41) is 6.44. The summed E-state index contributed by atoms with van der Waals surface area (Å²) in [5.41, 5.74) is 1.07. The van der Waals surface area contributed by atoms with Crippen LogP contribution in [0.5, 0.6) is 11.5 Å². The number of nitrogens with one attached hydrogen (secondary N) is 2. The maximum atomic E-state index is 12.4. The summed E-state index contributed by atoms with van der Waals surface area (Å²) in [6.45, 7) is 5.67. The lowest BCUT2D eigenvalue weighted by Crippen LogP contribution is -2.51. The van der Waals surface area contributed by atoms with Gasteiger partial charge in [-0.1, -0.05) is 6.92 Å². The molecule has 1 amide bonds. The second kappa shape index (κ2) is 7.30. The highest BCUT2D eigenvalue weighted by molar-refractivity contribution is 5.79. The van der Waals surface area contributed by atoms with Crippen LogP contribution in [0.3, 0.4) is 0 Å². The number of benzene rings is 1. The predicted molar refractivity (Wildman–Crippen MR) is 93.8 cm³/mol. The number of hydrogen-bond donors (Lipinski definition) is 2. The minimum absolute atomic E-state index is 0.0808. The van der Waals surface area contributed by atoms with E-state index in [9.17, 15) is 4.79 Å². The second-order valence-corrected chi connectivity index (χ2v) is 6.72. The van der Waals surface area contributed by atoms with E-state index in [-0.39, 0.29) is 17.9 Å². The molecule has 6 heteroatoms. The van der Waals surface area contributed by atoms with Gasteiger partial charge < -0.3 is 25.0 Å². The molecule has 2 aliphatic rings. The molecule has 0 saturated carbocycles. The molecule has 6 nitrogen and oxygen atoms in total. The van der Waals surface area contributed by atoms with Crippen LogP contribution in [0, 0.1) is 11.8 Å². The fraction of sp³-hybridized carbons (Fsp3) is 0.611. The van der Waals surface area contributed by atoms with Crippen molar-refractivity contribution in [2.75, 3.05) is 45.3 Å². The van der Waals surface area contributed by atoms with Gasteiger partial charge in [-0.2, -0.15) is 0 Å². The molecule has 24 heavy (non-hydrogen) atoms. The van der Waals surface area contributed by atoms with Crippen molar-refractivity contribution in [3.05, 3.63) is 18.2 Å². The van der Waals surface area contributed by atoms with Gasteiger partial charge in [0.15, 0.2) is 0 Å². The minimum Gasteiger partial charge on any atom is -0.497 e. The van der Waals surface area contributed by atoms with E-state index >= 15 is 0 Å². The van der Waals surface area contributed by atoms with Crippen molar-refractivity contribution >= 4 is 11.6 Å². The zero-order chi connectivity index (χ0) is 17.1. The third kappa shape index (κ3) is 3.59. The predicted octanol–water partition coefficient (Wildman–Crippen LogP) is 1.25. The second-order valence-electron chi connectivity index (χ2n) is 6.72. The van der Waals surface area contributed by atoms with E-state index < -0.39 is 0 Å². The van der Waals surface area contributed by atoms with E-state index in [1.165, 1.54) is 0 Å². The first kappa shape index (κ1) is 16.9. The molecular formula is C18H27N3O3. The van der Waals surface area contributed by atoms with Crippen molar-refractivity contribution in [3.63, 3.8) is 0 Å². The van der Waals surface area contributed by atoms with Gasteiger partial charge in [0.25, 0.3) is 0 Å². The summed E-state index contributed by atoms with van der Waals surface area (Å²) < 4.78 is 10.7. The molecule has 1 aromatic carbocycles. The third-order valence-electron chi connectivity index (χ3n) is 5.17. The summed E-state index contributed by atoms with van der Waals surface area (Å²) in [5.74, 6) is 2.30. The number of carbonyl (C=O) groups is 1. The zero-order valence-electron chi connectivity index (χ0n) is 14.7. The fourth-order valence-corrected chi connectivity index (χ4v) is 3.30. The van der Waals surface area contributed by atoms with Crippen LogP contribution in [0.15, 0.2) is 18.2 Å². The standard InChI is InChI=1S/C18H27N3O3/c1-12(13-9-19-10-13)18(22)20-14-4-5-21(11-14)15-6-16(23-2)8-17(7-15)24-3/h6-8,12-14,19H,4-5,9-11H2,1-3H3,(H,20,22). The molecule has 0 aliphatic carbocycles. The molecule has 0 bridgehead atoms. The number of ether oxygens (including phenoxy) is 2. The maximum absolute atomic E-state index is 12.4. The maximum Gasteiger partial charge on any atom is 0.223 e. The fourth-order valence-electron chi connectivity index (χ4n) is 3.30. The Kier molecular flexibility index (Phi) is 5.14. The lowest BCUT2D eigenvalue weighted by atomic mass is 9.88. The first-order valence-electron chi connectivity index (χ1n) is 8.60. The summed E-state index contributed by atoms with van der Waals surface area (Å²) in [4.78, 5) is 14.6. The van der Waals surface area contributed by atoms with Crippen LogP contribution in [-0.4, -0.2) is 52.3 Å². The minimum atomic E-state index is 0.0808. The van der Waals surface area contributed by atoms with E-state index in [1.54, 1.807) is 14.2 Å². The lowest BCUT2D eigenvalue weighted by molar-refractivity contribution is -0.127. The SMILES string of the molecule is COc1cc(OC)cc(N2CCC(NC(=O)C(C)C3CNC3)C2)c1. The van der Waals surface area contributed by atoms with E-state index in [2.05, 4.69) is 15.5 Å². The Hall–Kier alpha value is -1.95. The molecule has 0 spiro atoms. The molecule has 2 aliphatic heterocycles. The van der Waals surface area contributed by atoms with Gasteiger partial charge in [0.1, 0.15) is 11.5 Å². The van der Waals surface area contributed by atoms with Gasteiger partial charge in [-0.25, -0.2) is 0 Å². The monoisotopic (exact) mass is 333 g/mol. The van der Waals surface area contributed by atoms with Gasteiger partial charge in [0.2, 0.25) is 5.91 Å². The highest BCUT2D eigenvalue weighted by Gasteiger charge is 2.31. The van der Waals surface area contributed by atoms with E-state index in [0.717, 1.165) is 49.8 Å². The average Bonchev–Trinajstić information content (AvgIpc) is 3.01. The van der Waals surface area contributed by atoms with Gasteiger partial charge in [-0.05, 0) is 25.4 Å². The van der Waals surface area contributed by atoms with Gasteiger partial charge in [0, 0.05) is 48.9 Å². The van der Waals surface area contributed by atoms with E-state index in [1.807, 2.05) is 25.1 Å². The van der Waals surface area contributed by atoms with Crippen molar-refractivity contribution < 1.29 is 14.3 Å². The van der Waals surface area contributed by atoms with Crippen molar-refractivity contribution in [3.8, 4) is 11.5 Å². The summed E-state index contributed by atoms with van der Waals surface area (Å²) >= 11 is 0.